The van der Waals surface area contributed by atoms with Crippen LogP contribution in [0.1, 0.15) is 5.56 Å². The summed E-state index contributed by atoms with van der Waals surface area (Å²) in [7, 11) is 0. The lowest BCUT2D eigenvalue weighted by molar-refractivity contribution is -0.384. The van der Waals surface area contributed by atoms with Crippen LogP contribution in [0.15, 0.2) is 88.4 Å². The molecule has 33 heavy (non-hydrogen) atoms. The first-order valence-electron chi connectivity index (χ1n) is 9.69. The zero-order chi connectivity index (χ0) is 23.0. The Balaban J connectivity index is 1.56. The highest BCUT2D eigenvalue weighted by atomic mass is 79.9. The number of non-ortho nitro benzene ring substituents is 1. The molecule has 0 aliphatic heterocycles. The average Bonchev–Trinajstić information content (AvgIpc) is 2.81. The molecule has 3 aromatic carbocycles. The third kappa shape index (κ3) is 6.31. The van der Waals surface area contributed by atoms with Crippen LogP contribution in [0.4, 0.5) is 34.9 Å². The predicted octanol–water partition coefficient (Wildman–Crippen LogP) is 5.48. The van der Waals surface area contributed by atoms with E-state index in [1.54, 1.807) is 18.3 Å². The largest absolute Gasteiger partial charge is 0.324 e. The van der Waals surface area contributed by atoms with Gasteiger partial charge in [-0.1, -0.05) is 46.3 Å². The van der Waals surface area contributed by atoms with Crippen molar-refractivity contribution >= 4 is 57.1 Å². The van der Waals surface area contributed by atoms with Crippen LogP contribution in [0.5, 0.6) is 0 Å². The number of nitro groups is 1. The lowest BCUT2D eigenvalue weighted by Gasteiger charge is -2.10. The predicted molar refractivity (Wildman–Crippen MR) is 131 cm³/mol. The molecular weight excluding hydrogens is 488 g/mol. The molecule has 0 saturated heterocycles. The highest BCUT2D eigenvalue weighted by molar-refractivity contribution is 9.10. The van der Waals surface area contributed by atoms with Crippen LogP contribution in [-0.2, 0) is 0 Å². The number of rotatable bonds is 8. The van der Waals surface area contributed by atoms with Gasteiger partial charge in [-0.05, 0) is 42.0 Å². The summed E-state index contributed by atoms with van der Waals surface area (Å²) in [5, 5.41) is 21.2. The Labute approximate surface area is 197 Å². The Morgan fingerprint density at radius 1 is 0.788 bits per heavy atom. The van der Waals surface area contributed by atoms with Gasteiger partial charge in [0.2, 0.25) is 17.8 Å². The molecule has 4 aromatic rings. The van der Waals surface area contributed by atoms with Crippen molar-refractivity contribution in [3.63, 3.8) is 0 Å². The van der Waals surface area contributed by atoms with E-state index in [1.807, 2.05) is 54.6 Å². The third-order valence-electron chi connectivity index (χ3n) is 4.25. The van der Waals surface area contributed by atoms with E-state index >= 15 is 0 Å². The topological polar surface area (TPSA) is 130 Å². The zero-order valence-electron chi connectivity index (χ0n) is 17.0. The van der Waals surface area contributed by atoms with Crippen LogP contribution in [0, 0.1) is 10.1 Å². The van der Waals surface area contributed by atoms with E-state index in [9.17, 15) is 10.1 Å². The van der Waals surface area contributed by atoms with Crippen molar-refractivity contribution < 1.29 is 4.92 Å². The number of halogens is 1. The van der Waals surface area contributed by atoms with Gasteiger partial charge in [-0.2, -0.15) is 20.1 Å². The molecule has 164 valence electrons. The molecule has 11 heteroatoms. The quantitative estimate of drug-likeness (QED) is 0.163. The van der Waals surface area contributed by atoms with Crippen molar-refractivity contribution in [1.82, 2.24) is 15.0 Å². The lowest BCUT2D eigenvalue weighted by Crippen LogP contribution is -2.07. The van der Waals surface area contributed by atoms with Crippen LogP contribution in [0.3, 0.4) is 0 Å². The van der Waals surface area contributed by atoms with Crippen LogP contribution in [-0.4, -0.2) is 26.1 Å². The monoisotopic (exact) mass is 504 g/mol. The SMILES string of the molecule is O=[N+]([O-])c1ccc(Nc2nc(N/N=C/c3ccc(Br)cc3)nc(Nc3ccccc3)n2)cc1. The Morgan fingerprint density at radius 3 is 1.97 bits per heavy atom. The van der Waals surface area contributed by atoms with Crippen molar-refractivity contribution in [2.75, 3.05) is 16.1 Å². The maximum absolute atomic E-state index is 10.9. The molecule has 0 atom stereocenters. The van der Waals surface area contributed by atoms with Gasteiger partial charge in [0.1, 0.15) is 0 Å². The van der Waals surface area contributed by atoms with Crippen molar-refractivity contribution in [2.45, 2.75) is 0 Å². The van der Waals surface area contributed by atoms with Crippen LogP contribution in [0.25, 0.3) is 0 Å². The minimum Gasteiger partial charge on any atom is -0.324 e. The fourth-order valence-corrected chi connectivity index (χ4v) is 2.96. The Kier molecular flexibility index (Phi) is 6.81. The smallest absolute Gasteiger partial charge is 0.269 e. The number of nitrogens with zero attached hydrogens (tertiary/aromatic N) is 5. The minimum absolute atomic E-state index is 0.00716. The lowest BCUT2D eigenvalue weighted by atomic mass is 10.2. The Bertz CT molecular complexity index is 1270. The van der Waals surface area contributed by atoms with Crippen LogP contribution >= 0.6 is 15.9 Å². The highest BCUT2D eigenvalue weighted by Crippen LogP contribution is 2.21. The van der Waals surface area contributed by atoms with Gasteiger partial charge in [-0.3, -0.25) is 10.1 Å². The van der Waals surface area contributed by atoms with Crippen LogP contribution < -0.4 is 16.1 Å². The zero-order valence-corrected chi connectivity index (χ0v) is 18.6. The molecule has 0 bridgehead atoms. The summed E-state index contributed by atoms with van der Waals surface area (Å²) in [5.41, 5.74) is 5.08. The highest BCUT2D eigenvalue weighted by Gasteiger charge is 2.09. The summed E-state index contributed by atoms with van der Waals surface area (Å²) in [6.07, 6.45) is 1.64. The number of hydrogen-bond acceptors (Lipinski definition) is 9. The average molecular weight is 505 g/mol. The van der Waals surface area contributed by atoms with E-state index in [0.29, 0.717) is 11.6 Å². The van der Waals surface area contributed by atoms with Gasteiger partial charge in [0.15, 0.2) is 0 Å². The summed E-state index contributed by atoms with van der Waals surface area (Å²) >= 11 is 3.40. The van der Waals surface area contributed by atoms with Crippen molar-refractivity contribution in [1.29, 1.82) is 0 Å². The molecule has 0 amide bonds. The summed E-state index contributed by atoms with van der Waals surface area (Å²) < 4.78 is 0.976. The first-order chi connectivity index (χ1) is 16.0. The summed E-state index contributed by atoms with van der Waals surface area (Å²) in [4.78, 5) is 23.5. The second-order valence-electron chi connectivity index (χ2n) is 6.65. The molecule has 3 N–H and O–H groups in total. The molecule has 0 aliphatic rings. The molecule has 4 rings (SSSR count). The minimum atomic E-state index is -0.458. The van der Waals surface area contributed by atoms with E-state index in [-0.39, 0.29) is 17.6 Å². The van der Waals surface area contributed by atoms with Gasteiger partial charge in [0, 0.05) is 28.0 Å². The van der Waals surface area contributed by atoms with E-state index in [4.69, 9.17) is 0 Å². The summed E-state index contributed by atoms with van der Waals surface area (Å²) in [6, 6.07) is 23.0. The maximum Gasteiger partial charge on any atom is 0.269 e. The molecule has 0 fully saturated rings. The molecule has 0 spiro atoms. The number of nitrogens with one attached hydrogen (secondary N) is 3. The molecule has 1 heterocycles. The van der Waals surface area contributed by atoms with E-state index < -0.39 is 4.92 Å². The summed E-state index contributed by atoms with van der Waals surface area (Å²) in [6.45, 7) is 0. The number of benzene rings is 3. The first-order valence-corrected chi connectivity index (χ1v) is 10.5. The van der Waals surface area contributed by atoms with Crippen molar-refractivity contribution in [3.8, 4) is 0 Å². The van der Waals surface area contributed by atoms with Crippen molar-refractivity contribution in [3.05, 3.63) is 99.0 Å². The molecule has 10 nitrogen and oxygen atoms in total. The van der Waals surface area contributed by atoms with Crippen LogP contribution in [0.2, 0.25) is 0 Å². The van der Waals surface area contributed by atoms with E-state index in [0.717, 1.165) is 15.7 Å². The molecule has 1 aromatic heterocycles. The first kappa shape index (κ1) is 21.8. The molecule has 0 aliphatic carbocycles. The fraction of sp³-hybridized carbons (Fsp3) is 0. The molecule has 0 saturated carbocycles. The number of nitro benzene ring substituents is 1. The van der Waals surface area contributed by atoms with Gasteiger partial charge < -0.3 is 10.6 Å². The standard InChI is InChI=1S/C22H17BrN8O2/c23-16-8-6-15(7-9-16)14-24-30-22-28-20(25-17-4-2-1-3-5-17)27-21(29-22)26-18-10-12-19(13-11-18)31(32)33/h1-14H,(H3,25,26,27,28,29,30)/b24-14+. The van der Waals surface area contributed by atoms with E-state index in [1.165, 1.54) is 12.1 Å². The van der Waals surface area contributed by atoms with Gasteiger partial charge in [0.25, 0.3) is 5.69 Å². The Morgan fingerprint density at radius 2 is 1.36 bits per heavy atom. The number of para-hydroxylation sites is 1. The Hall–Kier alpha value is -4.38. The molecule has 0 unspecified atom stereocenters. The second-order valence-corrected chi connectivity index (χ2v) is 7.56. The summed E-state index contributed by atoms with van der Waals surface area (Å²) in [5.74, 6) is 0.738. The van der Waals surface area contributed by atoms with Gasteiger partial charge in [-0.15, -0.1) is 0 Å². The number of hydrazone groups is 1. The van der Waals surface area contributed by atoms with E-state index in [2.05, 4.69) is 52.0 Å². The maximum atomic E-state index is 10.9. The fourth-order valence-electron chi connectivity index (χ4n) is 2.70. The number of anilines is 5. The third-order valence-corrected chi connectivity index (χ3v) is 4.78. The van der Waals surface area contributed by atoms with Gasteiger partial charge in [0.05, 0.1) is 11.1 Å². The molecule has 0 radical (unpaired) electrons. The number of aromatic nitrogens is 3. The van der Waals surface area contributed by atoms with Gasteiger partial charge in [-0.25, -0.2) is 5.43 Å². The van der Waals surface area contributed by atoms with Gasteiger partial charge >= 0.3 is 0 Å². The molecular formula is C22H17BrN8O2. The van der Waals surface area contributed by atoms with Crippen molar-refractivity contribution in [2.24, 2.45) is 5.10 Å². The second kappa shape index (κ2) is 10.3. The number of hydrogen-bond donors (Lipinski definition) is 3. The normalized spacial score (nSPS) is 10.7.